The van der Waals surface area contributed by atoms with Crippen LogP contribution in [0.1, 0.15) is 16.1 Å². The van der Waals surface area contributed by atoms with Crippen LogP contribution in [-0.2, 0) is 6.54 Å². The van der Waals surface area contributed by atoms with Crippen molar-refractivity contribution < 1.29 is 18.7 Å². The van der Waals surface area contributed by atoms with Gasteiger partial charge < -0.3 is 19.4 Å². The molecule has 1 fully saturated rings. The van der Waals surface area contributed by atoms with Crippen molar-refractivity contribution in [2.45, 2.75) is 6.54 Å². The number of ether oxygens (including phenoxy) is 1. The number of oxazole rings is 1. The fourth-order valence-electron chi connectivity index (χ4n) is 3.63. The summed E-state index contributed by atoms with van der Waals surface area (Å²) in [7, 11) is 0. The monoisotopic (exact) mass is 454 g/mol. The van der Waals surface area contributed by atoms with Gasteiger partial charge in [-0.05, 0) is 42.0 Å². The number of anilines is 2. The molecule has 5 rings (SSSR count). The number of rotatable bonds is 7. The second-order valence-electron chi connectivity index (χ2n) is 7.75. The minimum Gasteiger partial charge on any atom is -0.457 e. The van der Waals surface area contributed by atoms with Crippen LogP contribution in [0.4, 0.5) is 16.5 Å². The zero-order chi connectivity index (χ0) is 23.3. The number of urea groups is 1. The number of nitrogens with one attached hydrogen (secondary N) is 1. The molecule has 170 valence electrons. The second-order valence-corrected chi connectivity index (χ2v) is 7.75. The number of amides is 3. The van der Waals surface area contributed by atoms with Gasteiger partial charge in [-0.3, -0.25) is 4.79 Å². The molecule has 8 heteroatoms. The molecule has 1 aliphatic heterocycles. The number of benzene rings is 3. The molecule has 34 heavy (non-hydrogen) atoms. The Hall–Kier alpha value is -4.59. The minimum absolute atomic E-state index is 0.0916. The number of hydrogen-bond acceptors (Lipinski definition) is 5. The van der Waals surface area contributed by atoms with Crippen molar-refractivity contribution in [2.24, 2.45) is 0 Å². The van der Waals surface area contributed by atoms with Gasteiger partial charge in [-0.2, -0.15) is 4.98 Å². The van der Waals surface area contributed by atoms with Crippen LogP contribution in [0.3, 0.4) is 0 Å². The van der Waals surface area contributed by atoms with Crippen molar-refractivity contribution in [3.8, 4) is 11.5 Å². The fraction of sp³-hybridized carbons (Fsp3) is 0.115. The number of nitrogens with zero attached hydrogens (tertiary/aromatic N) is 3. The van der Waals surface area contributed by atoms with Crippen molar-refractivity contribution in [1.82, 2.24) is 9.88 Å². The van der Waals surface area contributed by atoms with Gasteiger partial charge in [-0.15, -0.1) is 0 Å². The van der Waals surface area contributed by atoms with Crippen molar-refractivity contribution in [2.75, 3.05) is 23.3 Å². The van der Waals surface area contributed by atoms with E-state index in [0.717, 1.165) is 11.3 Å². The number of carbonyl (C=O) groups excluding carboxylic acids is 2. The van der Waals surface area contributed by atoms with Crippen LogP contribution in [0.25, 0.3) is 0 Å². The molecule has 8 nitrogen and oxygen atoms in total. The van der Waals surface area contributed by atoms with Gasteiger partial charge in [0.25, 0.3) is 5.91 Å². The molecule has 0 atom stereocenters. The Morgan fingerprint density at radius 1 is 0.912 bits per heavy atom. The quantitative estimate of drug-likeness (QED) is 0.417. The lowest BCUT2D eigenvalue weighted by Gasteiger charge is -2.16. The van der Waals surface area contributed by atoms with Crippen molar-refractivity contribution >= 4 is 23.6 Å². The summed E-state index contributed by atoms with van der Waals surface area (Å²) in [5, 5.41) is 2.78. The molecule has 1 aliphatic rings. The Morgan fingerprint density at radius 2 is 1.59 bits per heavy atom. The molecule has 3 aromatic carbocycles. The van der Waals surface area contributed by atoms with Gasteiger partial charge in [0.2, 0.25) is 0 Å². The van der Waals surface area contributed by atoms with E-state index in [-0.39, 0.29) is 17.7 Å². The third-order valence-electron chi connectivity index (χ3n) is 5.36. The van der Waals surface area contributed by atoms with E-state index in [1.54, 1.807) is 29.2 Å². The predicted molar refractivity (Wildman–Crippen MR) is 127 cm³/mol. The Morgan fingerprint density at radius 3 is 2.32 bits per heavy atom. The molecule has 1 aromatic heterocycles. The third-order valence-corrected chi connectivity index (χ3v) is 5.36. The first kappa shape index (κ1) is 21.3. The highest BCUT2D eigenvalue weighted by atomic mass is 16.5. The summed E-state index contributed by atoms with van der Waals surface area (Å²) in [6.45, 7) is 1.50. The Labute approximate surface area is 196 Å². The van der Waals surface area contributed by atoms with E-state index in [1.807, 2.05) is 60.7 Å². The van der Waals surface area contributed by atoms with E-state index in [4.69, 9.17) is 9.15 Å². The summed E-state index contributed by atoms with van der Waals surface area (Å²) in [5.41, 5.74) is 1.72. The average molecular weight is 454 g/mol. The molecule has 0 radical (unpaired) electrons. The molecule has 1 saturated heterocycles. The first-order valence-electron chi connectivity index (χ1n) is 10.9. The van der Waals surface area contributed by atoms with E-state index in [1.165, 1.54) is 11.2 Å². The van der Waals surface area contributed by atoms with Crippen LogP contribution in [0.2, 0.25) is 0 Å². The number of hydrogen-bond donors (Lipinski definition) is 1. The average Bonchev–Trinajstić information content (AvgIpc) is 3.49. The maximum Gasteiger partial charge on any atom is 0.328 e. The lowest BCUT2D eigenvalue weighted by molar-refractivity contribution is 0.102. The summed E-state index contributed by atoms with van der Waals surface area (Å²) in [6.07, 6.45) is 1.25. The van der Waals surface area contributed by atoms with Crippen molar-refractivity contribution in [3.63, 3.8) is 0 Å². The maximum atomic E-state index is 12.8. The van der Waals surface area contributed by atoms with Crippen LogP contribution in [-0.4, -0.2) is 34.9 Å². The van der Waals surface area contributed by atoms with Crippen LogP contribution in [0.5, 0.6) is 11.5 Å². The summed E-state index contributed by atoms with van der Waals surface area (Å²) >= 11 is 0. The lowest BCUT2D eigenvalue weighted by atomic mass is 10.2. The Kier molecular flexibility index (Phi) is 5.94. The van der Waals surface area contributed by atoms with Crippen LogP contribution in [0.15, 0.2) is 95.6 Å². The lowest BCUT2D eigenvalue weighted by Crippen LogP contribution is -2.31. The van der Waals surface area contributed by atoms with Gasteiger partial charge in [0, 0.05) is 25.3 Å². The minimum atomic E-state index is -0.431. The van der Waals surface area contributed by atoms with E-state index in [0.29, 0.717) is 31.1 Å². The number of para-hydroxylation sites is 1. The normalized spacial score (nSPS) is 13.2. The van der Waals surface area contributed by atoms with E-state index >= 15 is 0 Å². The Balaban J connectivity index is 1.19. The summed E-state index contributed by atoms with van der Waals surface area (Å²) in [6, 6.07) is 26.1. The van der Waals surface area contributed by atoms with Gasteiger partial charge in [0.05, 0.1) is 0 Å². The molecule has 0 spiro atoms. The van der Waals surface area contributed by atoms with Gasteiger partial charge in [-0.25, -0.2) is 9.69 Å². The molecule has 0 aliphatic carbocycles. The first-order chi connectivity index (χ1) is 16.7. The van der Waals surface area contributed by atoms with Gasteiger partial charge >= 0.3 is 12.0 Å². The molecule has 4 aromatic rings. The van der Waals surface area contributed by atoms with E-state index in [9.17, 15) is 9.59 Å². The van der Waals surface area contributed by atoms with Gasteiger partial charge in [0.1, 0.15) is 17.8 Å². The smallest absolute Gasteiger partial charge is 0.328 e. The molecule has 0 bridgehead atoms. The number of carbonyl (C=O) groups is 2. The van der Waals surface area contributed by atoms with E-state index in [2.05, 4.69) is 10.3 Å². The SMILES string of the molecule is O=C(Nc1ccc(Oc2ccccc2)cc1)c1coc(N2CCN(Cc3ccccc3)C2=O)n1. The number of aromatic nitrogens is 1. The zero-order valence-electron chi connectivity index (χ0n) is 18.3. The Bertz CT molecular complexity index is 1270. The van der Waals surface area contributed by atoms with Crippen molar-refractivity contribution in [1.29, 1.82) is 0 Å². The molecular formula is C26H22N4O4. The molecule has 0 saturated carbocycles. The standard InChI is InChI=1S/C26H22N4O4/c31-24(27-20-11-13-22(14-12-20)34-21-9-5-2-6-10-21)23-18-33-25(28-23)30-16-15-29(26(30)32)17-19-7-3-1-4-8-19/h1-14,18H,15-17H2,(H,27,31). The van der Waals surface area contributed by atoms with Gasteiger partial charge in [0.15, 0.2) is 5.69 Å². The highest BCUT2D eigenvalue weighted by Crippen LogP contribution is 2.24. The first-order valence-corrected chi connectivity index (χ1v) is 10.9. The summed E-state index contributed by atoms with van der Waals surface area (Å²) in [4.78, 5) is 32.8. The maximum absolute atomic E-state index is 12.8. The molecule has 2 heterocycles. The van der Waals surface area contributed by atoms with Gasteiger partial charge in [-0.1, -0.05) is 48.5 Å². The molecule has 1 N–H and O–H groups in total. The zero-order valence-corrected chi connectivity index (χ0v) is 18.3. The summed E-state index contributed by atoms with van der Waals surface area (Å²) < 4.78 is 11.2. The molecular weight excluding hydrogens is 432 g/mol. The summed E-state index contributed by atoms with van der Waals surface area (Å²) in [5.74, 6) is 0.952. The molecule has 3 amide bonds. The fourth-order valence-corrected chi connectivity index (χ4v) is 3.63. The van der Waals surface area contributed by atoms with E-state index < -0.39 is 5.91 Å². The van der Waals surface area contributed by atoms with Crippen LogP contribution < -0.4 is 15.0 Å². The van der Waals surface area contributed by atoms with Crippen LogP contribution >= 0.6 is 0 Å². The predicted octanol–water partition coefficient (Wildman–Crippen LogP) is 5.16. The topological polar surface area (TPSA) is 87.9 Å². The van der Waals surface area contributed by atoms with Crippen molar-refractivity contribution in [3.05, 3.63) is 102 Å². The third kappa shape index (κ3) is 4.75. The molecule has 0 unspecified atom stereocenters. The second kappa shape index (κ2) is 9.50. The largest absolute Gasteiger partial charge is 0.457 e. The van der Waals surface area contributed by atoms with Crippen LogP contribution in [0, 0.1) is 0 Å². The highest BCUT2D eigenvalue weighted by Gasteiger charge is 2.33. The highest BCUT2D eigenvalue weighted by molar-refractivity contribution is 6.03.